The fourth-order valence-corrected chi connectivity index (χ4v) is 2.07. The third kappa shape index (κ3) is 5.32. The van der Waals surface area contributed by atoms with E-state index in [0.717, 1.165) is 5.56 Å². The van der Waals surface area contributed by atoms with Gasteiger partial charge in [0.1, 0.15) is 5.75 Å². The van der Waals surface area contributed by atoms with Gasteiger partial charge in [0.15, 0.2) is 5.75 Å². The number of hydrogen-bond donors (Lipinski definition) is 3. The Hall–Kier alpha value is -1.60. The number of aliphatic carboxylic acids is 1. The van der Waals surface area contributed by atoms with Gasteiger partial charge in [-0.2, -0.15) is 0 Å². The van der Waals surface area contributed by atoms with Gasteiger partial charge in [0.05, 0.1) is 0 Å². The molecule has 0 aromatic heterocycles. The Bertz CT molecular complexity index is 480. The van der Waals surface area contributed by atoms with Gasteiger partial charge in [-0.25, -0.2) is 13.1 Å². The summed E-state index contributed by atoms with van der Waals surface area (Å²) < 4.78 is 24.5. The number of aromatic hydroxyl groups is 1. The van der Waals surface area contributed by atoms with Crippen LogP contribution in [0.5, 0.6) is 5.75 Å². The minimum atomic E-state index is -3.76. The van der Waals surface area contributed by atoms with Crippen molar-refractivity contribution in [2.24, 2.45) is 0 Å². The average Bonchev–Trinajstić information content (AvgIpc) is 2.18. The molecule has 0 saturated carbocycles. The summed E-state index contributed by atoms with van der Waals surface area (Å²) in [6, 6.07) is 6.34. The summed E-state index contributed by atoms with van der Waals surface area (Å²) in [5, 5.41) is 17.4. The van der Waals surface area contributed by atoms with Gasteiger partial charge in [-0.1, -0.05) is 12.1 Å². The molecule has 6 nitrogen and oxygen atoms in total. The highest BCUT2D eigenvalue weighted by molar-refractivity contribution is 7.90. The molecule has 94 valence electrons. The van der Waals surface area contributed by atoms with Gasteiger partial charge in [-0.3, -0.25) is 4.79 Å². The molecule has 17 heavy (non-hydrogen) atoms. The maximum atomic E-state index is 11.2. The second-order valence-corrected chi connectivity index (χ2v) is 5.27. The molecule has 7 heteroatoms. The Balaban J connectivity index is 2.42. The number of phenolic OH excluding ortho intramolecular Hbond substituents is 1. The van der Waals surface area contributed by atoms with Crippen LogP contribution in [0.2, 0.25) is 0 Å². The first kappa shape index (κ1) is 13.5. The van der Waals surface area contributed by atoms with E-state index in [9.17, 15) is 13.2 Å². The van der Waals surface area contributed by atoms with Crippen LogP contribution in [0.15, 0.2) is 24.3 Å². The van der Waals surface area contributed by atoms with E-state index >= 15 is 0 Å². The number of hydrogen-bond acceptors (Lipinski definition) is 4. The highest BCUT2D eigenvalue weighted by atomic mass is 32.2. The molecule has 0 aliphatic carbocycles. The van der Waals surface area contributed by atoms with Crippen molar-refractivity contribution in [3.63, 3.8) is 0 Å². The number of phenols is 1. The highest BCUT2D eigenvalue weighted by Crippen LogP contribution is 2.09. The van der Waals surface area contributed by atoms with Gasteiger partial charge in [0, 0.05) is 6.54 Å². The van der Waals surface area contributed by atoms with Crippen molar-refractivity contribution >= 4 is 16.0 Å². The van der Waals surface area contributed by atoms with Crippen LogP contribution in [0.25, 0.3) is 0 Å². The zero-order chi connectivity index (χ0) is 12.9. The fourth-order valence-electron chi connectivity index (χ4n) is 1.23. The Kier molecular flexibility index (Phi) is 4.47. The second-order valence-electron chi connectivity index (χ2n) is 3.46. The molecular formula is C10H13NO5S. The molecule has 0 aliphatic heterocycles. The summed E-state index contributed by atoms with van der Waals surface area (Å²) in [5.74, 6) is -2.18. The Morgan fingerprint density at radius 3 is 2.35 bits per heavy atom. The maximum absolute atomic E-state index is 11.2. The quantitative estimate of drug-likeness (QED) is 0.664. The highest BCUT2D eigenvalue weighted by Gasteiger charge is 2.14. The monoisotopic (exact) mass is 259 g/mol. The van der Waals surface area contributed by atoms with Gasteiger partial charge < -0.3 is 10.2 Å². The van der Waals surface area contributed by atoms with E-state index in [1.165, 1.54) is 12.1 Å². The van der Waals surface area contributed by atoms with E-state index in [-0.39, 0.29) is 12.3 Å². The van der Waals surface area contributed by atoms with E-state index in [0.29, 0.717) is 6.42 Å². The molecular weight excluding hydrogens is 246 g/mol. The summed E-state index contributed by atoms with van der Waals surface area (Å²) in [7, 11) is -3.76. The first-order valence-electron chi connectivity index (χ1n) is 4.86. The average molecular weight is 259 g/mol. The molecule has 0 saturated heterocycles. The number of benzene rings is 1. The molecule has 0 spiro atoms. The zero-order valence-corrected chi connectivity index (χ0v) is 9.77. The Morgan fingerprint density at radius 1 is 1.24 bits per heavy atom. The van der Waals surface area contributed by atoms with E-state index in [2.05, 4.69) is 4.72 Å². The van der Waals surface area contributed by atoms with Crippen molar-refractivity contribution in [3.05, 3.63) is 29.8 Å². The van der Waals surface area contributed by atoms with Crippen molar-refractivity contribution in [3.8, 4) is 5.75 Å². The number of carboxylic acid groups (broad SMARTS) is 1. The number of rotatable bonds is 6. The van der Waals surface area contributed by atoms with Gasteiger partial charge in [-0.05, 0) is 24.1 Å². The lowest BCUT2D eigenvalue weighted by molar-refractivity contribution is -0.134. The molecule has 0 amide bonds. The van der Waals surface area contributed by atoms with Crippen LogP contribution < -0.4 is 4.72 Å². The molecule has 1 aromatic rings. The number of carboxylic acids is 1. The molecule has 0 fully saturated rings. The minimum Gasteiger partial charge on any atom is -0.508 e. The topological polar surface area (TPSA) is 104 Å². The summed E-state index contributed by atoms with van der Waals surface area (Å²) >= 11 is 0. The van der Waals surface area contributed by atoms with Gasteiger partial charge in [0.2, 0.25) is 10.0 Å². The van der Waals surface area contributed by atoms with Crippen molar-refractivity contribution in [2.45, 2.75) is 6.42 Å². The summed E-state index contributed by atoms with van der Waals surface area (Å²) in [6.45, 7) is 0.125. The lowest BCUT2D eigenvalue weighted by atomic mass is 10.1. The third-order valence-corrected chi connectivity index (χ3v) is 3.26. The standard InChI is InChI=1S/C10H13NO5S/c12-9-3-1-8(2-4-9)5-6-11-17(15,16)7-10(13)14/h1-4,11-12H,5-7H2,(H,13,14). The van der Waals surface area contributed by atoms with Gasteiger partial charge in [0.25, 0.3) is 0 Å². The summed E-state index contributed by atoms with van der Waals surface area (Å²) in [6.07, 6.45) is 0.430. The molecule has 0 radical (unpaired) electrons. The number of carbonyl (C=O) groups is 1. The van der Waals surface area contributed by atoms with Crippen molar-refractivity contribution in [1.82, 2.24) is 4.72 Å². The van der Waals surface area contributed by atoms with Gasteiger partial charge in [-0.15, -0.1) is 0 Å². The number of sulfonamides is 1. The molecule has 3 N–H and O–H groups in total. The van der Waals surface area contributed by atoms with Crippen LogP contribution in [0.3, 0.4) is 0 Å². The minimum absolute atomic E-state index is 0.125. The Labute approximate surface area is 99.0 Å². The van der Waals surface area contributed by atoms with Crippen LogP contribution in [-0.2, 0) is 21.2 Å². The Morgan fingerprint density at radius 2 is 1.82 bits per heavy atom. The normalized spacial score (nSPS) is 11.3. The van der Waals surface area contributed by atoms with E-state index in [1.54, 1.807) is 12.1 Å². The molecule has 0 aliphatic rings. The summed E-state index contributed by atoms with van der Waals surface area (Å²) in [5.41, 5.74) is 0.848. The second kappa shape index (κ2) is 5.65. The predicted molar refractivity (Wildman–Crippen MR) is 61.2 cm³/mol. The number of nitrogens with one attached hydrogen (secondary N) is 1. The molecule has 0 unspecified atom stereocenters. The molecule has 0 atom stereocenters. The first-order chi connectivity index (χ1) is 7.89. The third-order valence-electron chi connectivity index (χ3n) is 1.99. The molecule has 0 heterocycles. The molecule has 0 bridgehead atoms. The van der Waals surface area contributed by atoms with Crippen LogP contribution in [0.4, 0.5) is 0 Å². The van der Waals surface area contributed by atoms with Crippen LogP contribution >= 0.6 is 0 Å². The van der Waals surface area contributed by atoms with E-state index < -0.39 is 21.7 Å². The zero-order valence-electron chi connectivity index (χ0n) is 8.96. The lowest BCUT2D eigenvalue weighted by Crippen LogP contribution is -2.31. The largest absolute Gasteiger partial charge is 0.508 e. The van der Waals surface area contributed by atoms with Crippen LogP contribution in [0, 0.1) is 0 Å². The van der Waals surface area contributed by atoms with Crippen molar-refractivity contribution in [1.29, 1.82) is 0 Å². The fraction of sp³-hybridized carbons (Fsp3) is 0.300. The smallest absolute Gasteiger partial charge is 0.320 e. The van der Waals surface area contributed by atoms with E-state index in [1.807, 2.05) is 0 Å². The van der Waals surface area contributed by atoms with Crippen molar-refractivity contribution < 1.29 is 23.4 Å². The first-order valence-corrected chi connectivity index (χ1v) is 6.51. The van der Waals surface area contributed by atoms with Crippen LogP contribution in [0.1, 0.15) is 5.56 Å². The van der Waals surface area contributed by atoms with Crippen LogP contribution in [-0.4, -0.2) is 36.9 Å². The van der Waals surface area contributed by atoms with Crippen molar-refractivity contribution in [2.75, 3.05) is 12.3 Å². The lowest BCUT2D eigenvalue weighted by Gasteiger charge is -2.04. The maximum Gasteiger partial charge on any atom is 0.320 e. The van der Waals surface area contributed by atoms with E-state index in [4.69, 9.17) is 10.2 Å². The summed E-state index contributed by atoms with van der Waals surface area (Å²) in [4.78, 5) is 10.2. The SMILES string of the molecule is O=C(O)CS(=O)(=O)NCCc1ccc(O)cc1. The predicted octanol–water partition coefficient (Wildman–Crippen LogP) is -0.0613. The molecule has 1 aromatic carbocycles. The van der Waals surface area contributed by atoms with Gasteiger partial charge >= 0.3 is 5.97 Å². The molecule has 1 rings (SSSR count).